The lowest BCUT2D eigenvalue weighted by molar-refractivity contribution is 0.415. The van der Waals surface area contributed by atoms with Gasteiger partial charge < -0.3 is 15.4 Å². The molecule has 0 bridgehead atoms. The van der Waals surface area contributed by atoms with Crippen molar-refractivity contribution in [3.8, 4) is 5.75 Å². The molecular weight excluding hydrogens is 556 g/mol. The Bertz CT molecular complexity index is 1440. The summed E-state index contributed by atoms with van der Waals surface area (Å²) in [5, 5.41) is 0. The van der Waals surface area contributed by atoms with E-state index in [-0.39, 0.29) is 5.82 Å². The molecule has 2 aliphatic rings. The maximum atomic E-state index is 12.8. The van der Waals surface area contributed by atoms with Gasteiger partial charge in [-0.25, -0.2) is 13.4 Å². The molecule has 0 aliphatic carbocycles. The van der Waals surface area contributed by atoms with Gasteiger partial charge in [-0.1, -0.05) is 12.1 Å². The molecule has 1 fully saturated rings. The molecule has 5 rings (SSSR count). The number of benzene rings is 2. The average Bonchev–Trinajstić information content (AvgIpc) is 3.33. The molecule has 37 heavy (non-hydrogen) atoms. The molecule has 0 amide bonds. The first kappa shape index (κ1) is 25.6. The number of ether oxygens (including phenoxy) is 1. The molecule has 0 radical (unpaired) electrons. The summed E-state index contributed by atoms with van der Waals surface area (Å²) in [5.74, 6) is 1.24. The van der Waals surface area contributed by atoms with Crippen molar-refractivity contribution in [2.75, 3.05) is 52.8 Å². The molecule has 2 aromatic carbocycles. The van der Waals surface area contributed by atoms with Crippen molar-refractivity contribution in [1.82, 2.24) is 9.97 Å². The Balaban J connectivity index is 1.75. The number of nitrogens with zero attached hydrogens (tertiary/aromatic N) is 5. The molecular formula is C26H31BrN6O3S. The van der Waals surface area contributed by atoms with Crippen LogP contribution in [0, 0.1) is 6.92 Å². The summed E-state index contributed by atoms with van der Waals surface area (Å²) >= 11 is 3.38. The summed E-state index contributed by atoms with van der Waals surface area (Å²) < 4.78 is 33.5. The van der Waals surface area contributed by atoms with E-state index in [4.69, 9.17) is 10.5 Å². The number of piperidine rings is 1. The molecule has 1 aromatic heterocycles. The standard InChI is InChI=1S/C26H31BrN6O3S/c1-17-14-22(23(36-2)15-21(17)31-11-5-4-6-12-31)33(26-29-16-19(27)25(28)30-26)20-9-7-8-18-10-13-32(24(18)20)37(3,34)35/h7-9,14-16H,4-6,10-13H2,1-3H3,(H2,28,29,30). The summed E-state index contributed by atoms with van der Waals surface area (Å²) in [7, 11) is -1.86. The summed E-state index contributed by atoms with van der Waals surface area (Å²) in [6.45, 7) is 4.48. The smallest absolute Gasteiger partial charge is 0.236 e. The van der Waals surface area contributed by atoms with Crippen LogP contribution in [0.5, 0.6) is 5.75 Å². The second-order valence-electron chi connectivity index (χ2n) is 9.47. The Kier molecular flexibility index (Phi) is 6.93. The van der Waals surface area contributed by atoms with E-state index in [2.05, 4.69) is 49.9 Å². The summed E-state index contributed by atoms with van der Waals surface area (Å²) in [6.07, 6.45) is 7.03. The van der Waals surface area contributed by atoms with Crippen LogP contribution in [0.15, 0.2) is 41.0 Å². The normalized spacial score (nSPS) is 15.6. The van der Waals surface area contributed by atoms with Crippen molar-refractivity contribution in [2.45, 2.75) is 32.6 Å². The van der Waals surface area contributed by atoms with Crippen molar-refractivity contribution >= 4 is 60.5 Å². The fourth-order valence-electron chi connectivity index (χ4n) is 5.21. The van der Waals surface area contributed by atoms with Crippen LogP contribution in [0.3, 0.4) is 0 Å². The number of nitrogens with two attached hydrogens (primary N) is 1. The maximum absolute atomic E-state index is 12.8. The van der Waals surface area contributed by atoms with Gasteiger partial charge in [0.15, 0.2) is 0 Å². The van der Waals surface area contributed by atoms with Gasteiger partial charge in [0.2, 0.25) is 16.0 Å². The third-order valence-corrected chi connectivity index (χ3v) is 8.74. The lowest BCUT2D eigenvalue weighted by Gasteiger charge is -2.33. The molecule has 3 heterocycles. The molecule has 2 aliphatic heterocycles. The highest BCUT2D eigenvalue weighted by molar-refractivity contribution is 9.10. The van der Waals surface area contributed by atoms with E-state index in [1.807, 2.05) is 23.1 Å². The van der Waals surface area contributed by atoms with Crippen LogP contribution in [0.25, 0.3) is 0 Å². The number of rotatable bonds is 6. The molecule has 0 atom stereocenters. The molecule has 0 unspecified atom stereocenters. The zero-order valence-electron chi connectivity index (χ0n) is 21.2. The number of methoxy groups -OCH3 is 1. The number of hydrogen-bond acceptors (Lipinski definition) is 8. The van der Waals surface area contributed by atoms with Gasteiger partial charge in [0.1, 0.15) is 11.6 Å². The maximum Gasteiger partial charge on any atom is 0.236 e. The quantitative estimate of drug-likeness (QED) is 0.434. The third kappa shape index (κ3) is 4.82. The number of aromatic nitrogens is 2. The predicted molar refractivity (Wildman–Crippen MR) is 152 cm³/mol. The first-order valence-electron chi connectivity index (χ1n) is 12.3. The first-order chi connectivity index (χ1) is 17.7. The van der Waals surface area contributed by atoms with Gasteiger partial charge in [0.25, 0.3) is 0 Å². The summed E-state index contributed by atoms with van der Waals surface area (Å²) in [6, 6.07) is 9.89. The highest BCUT2D eigenvalue weighted by atomic mass is 79.9. The van der Waals surface area contributed by atoms with Crippen LogP contribution in [0.1, 0.15) is 30.4 Å². The SMILES string of the molecule is COc1cc(N2CCCCC2)c(C)cc1N(c1ncc(Br)c(N)n1)c1cccc2c1N(S(C)(=O)=O)CC2. The van der Waals surface area contributed by atoms with E-state index in [0.29, 0.717) is 46.2 Å². The first-order valence-corrected chi connectivity index (χ1v) is 14.9. The molecule has 0 saturated carbocycles. The van der Waals surface area contributed by atoms with Gasteiger partial charge >= 0.3 is 0 Å². The molecule has 1 saturated heterocycles. The summed E-state index contributed by atoms with van der Waals surface area (Å²) in [5.41, 5.74) is 11.3. The van der Waals surface area contributed by atoms with Crippen molar-refractivity contribution in [3.63, 3.8) is 0 Å². The van der Waals surface area contributed by atoms with E-state index in [1.165, 1.54) is 29.8 Å². The zero-order chi connectivity index (χ0) is 26.3. The fraction of sp³-hybridized carbons (Fsp3) is 0.385. The lowest BCUT2D eigenvalue weighted by atomic mass is 10.1. The minimum Gasteiger partial charge on any atom is -0.494 e. The largest absolute Gasteiger partial charge is 0.494 e. The second kappa shape index (κ2) is 10.0. The minimum absolute atomic E-state index is 0.281. The molecule has 196 valence electrons. The second-order valence-corrected chi connectivity index (χ2v) is 12.2. The lowest BCUT2D eigenvalue weighted by Crippen LogP contribution is -2.30. The van der Waals surface area contributed by atoms with Gasteiger partial charge in [-0.3, -0.25) is 9.21 Å². The van der Waals surface area contributed by atoms with Crippen LogP contribution in [-0.4, -0.2) is 51.4 Å². The highest BCUT2D eigenvalue weighted by Gasteiger charge is 2.33. The van der Waals surface area contributed by atoms with Gasteiger partial charge in [0, 0.05) is 37.6 Å². The number of nitrogen functional groups attached to an aromatic ring is 1. The van der Waals surface area contributed by atoms with E-state index in [9.17, 15) is 8.42 Å². The Morgan fingerprint density at radius 2 is 1.86 bits per heavy atom. The average molecular weight is 588 g/mol. The number of fused-ring (bicyclic) bond motifs is 1. The van der Waals surface area contributed by atoms with Crippen LogP contribution >= 0.6 is 15.9 Å². The number of para-hydroxylation sites is 1. The van der Waals surface area contributed by atoms with Crippen molar-refractivity contribution < 1.29 is 13.2 Å². The molecule has 0 spiro atoms. The van der Waals surface area contributed by atoms with E-state index >= 15 is 0 Å². The monoisotopic (exact) mass is 586 g/mol. The number of hydrogen-bond donors (Lipinski definition) is 1. The van der Waals surface area contributed by atoms with Gasteiger partial charge in [-0.05, 0) is 71.8 Å². The van der Waals surface area contributed by atoms with Crippen LogP contribution in [0.4, 0.5) is 34.5 Å². The van der Waals surface area contributed by atoms with Gasteiger partial charge in [-0.2, -0.15) is 4.98 Å². The number of anilines is 6. The molecule has 3 aromatic rings. The fourth-order valence-corrected chi connectivity index (χ4v) is 6.37. The number of halogens is 1. The highest BCUT2D eigenvalue weighted by Crippen LogP contribution is 2.48. The van der Waals surface area contributed by atoms with Crippen molar-refractivity contribution in [3.05, 3.63) is 52.1 Å². The van der Waals surface area contributed by atoms with Crippen molar-refractivity contribution in [1.29, 1.82) is 0 Å². The van der Waals surface area contributed by atoms with E-state index in [1.54, 1.807) is 13.3 Å². The number of sulfonamides is 1. The van der Waals surface area contributed by atoms with Crippen molar-refractivity contribution in [2.24, 2.45) is 0 Å². The van der Waals surface area contributed by atoms with E-state index < -0.39 is 10.0 Å². The topological polar surface area (TPSA) is 105 Å². The molecule has 11 heteroatoms. The molecule has 2 N–H and O–H groups in total. The van der Waals surface area contributed by atoms with E-state index in [0.717, 1.165) is 29.9 Å². The van der Waals surface area contributed by atoms with Gasteiger partial charge in [-0.15, -0.1) is 0 Å². The van der Waals surface area contributed by atoms with Crippen LogP contribution in [-0.2, 0) is 16.4 Å². The third-order valence-electron chi connectivity index (χ3n) is 6.97. The summed E-state index contributed by atoms with van der Waals surface area (Å²) in [4.78, 5) is 13.4. The minimum atomic E-state index is -3.50. The van der Waals surface area contributed by atoms with Gasteiger partial charge in [0.05, 0.1) is 34.9 Å². The Morgan fingerprint density at radius 3 is 2.54 bits per heavy atom. The Labute approximate surface area is 226 Å². The Hall–Kier alpha value is -3.05. The van der Waals surface area contributed by atoms with Crippen LogP contribution < -0.4 is 24.6 Å². The number of aryl methyl sites for hydroxylation is 1. The van der Waals surface area contributed by atoms with Crippen LogP contribution in [0.2, 0.25) is 0 Å². The zero-order valence-corrected chi connectivity index (χ0v) is 23.6. The predicted octanol–water partition coefficient (Wildman–Crippen LogP) is 4.92. The Morgan fingerprint density at radius 1 is 1.11 bits per heavy atom. The molecule has 9 nitrogen and oxygen atoms in total.